The molecule has 26 heavy (non-hydrogen) atoms. The smallest absolute Gasteiger partial charge is 0.410 e. The SMILES string of the molecule is CCOCC(=O)N1[C@@H]2CN(C(=O)OC(C)(C)C)[C@@H]3CCCC[C@H]1[C@]3(C)C2. The molecule has 2 aliphatic heterocycles. The Morgan fingerprint density at radius 1 is 1.15 bits per heavy atom. The Morgan fingerprint density at radius 3 is 2.42 bits per heavy atom. The highest BCUT2D eigenvalue weighted by molar-refractivity contribution is 5.79. The van der Waals surface area contributed by atoms with Crippen molar-refractivity contribution >= 4 is 12.0 Å². The molecular formula is C20H34N2O4. The van der Waals surface area contributed by atoms with Crippen molar-refractivity contribution in [1.82, 2.24) is 9.80 Å². The lowest BCUT2D eigenvalue weighted by atomic mass is 9.71. The number of nitrogens with zero attached hydrogens (tertiary/aromatic N) is 2. The van der Waals surface area contributed by atoms with Crippen molar-refractivity contribution in [2.75, 3.05) is 19.8 Å². The van der Waals surface area contributed by atoms with Gasteiger partial charge >= 0.3 is 6.09 Å². The van der Waals surface area contributed by atoms with Crippen LogP contribution in [0, 0.1) is 5.41 Å². The van der Waals surface area contributed by atoms with E-state index in [1.165, 1.54) is 0 Å². The summed E-state index contributed by atoms with van der Waals surface area (Å²) in [6.45, 7) is 11.1. The molecule has 0 aromatic heterocycles. The number of hydrogen-bond donors (Lipinski definition) is 0. The van der Waals surface area contributed by atoms with Gasteiger partial charge in [0.15, 0.2) is 0 Å². The van der Waals surface area contributed by atoms with E-state index in [0.29, 0.717) is 13.2 Å². The normalized spacial score (nSPS) is 33.8. The van der Waals surface area contributed by atoms with E-state index in [1.807, 2.05) is 32.6 Å². The van der Waals surface area contributed by atoms with E-state index >= 15 is 0 Å². The number of fused-ring (bicyclic) bond motifs is 1. The van der Waals surface area contributed by atoms with Crippen molar-refractivity contribution in [3.63, 3.8) is 0 Å². The lowest BCUT2D eigenvalue weighted by Gasteiger charge is -2.46. The fourth-order valence-electron chi connectivity index (χ4n) is 5.33. The van der Waals surface area contributed by atoms with Gasteiger partial charge in [0.1, 0.15) is 12.2 Å². The van der Waals surface area contributed by atoms with E-state index in [1.54, 1.807) is 0 Å². The molecule has 2 saturated heterocycles. The van der Waals surface area contributed by atoms with Gasteiger partial charge in [-0.25, -0.2) is 4.79 Å². The molecule has 1 aliphatic carbocycles. The predicted octanol–water partition coefficient (Wildman–Crippen LogP) is 3.19. The van der Waals surface area contributed by atoms with E-state index < -0.39 is 5.60 Å². The summed E-state index contributed by atoms with van der Waals surface area (Å²) >= 11 is 0. The molecule has 0 unspecified atom stereocenters. The molecule has 3 rings (SSSR count). The van der Waals surface area contributed by atoms with Gasteiger partial charge in [-0.1, -0.05) is 19.8 Å². The minimum Gasteiger partial charge on any atom is -0.444 e. The van der Waals surface area contributed by atoms with Gasteiger partial charge in [-0.3, -0.25) is 4.79 Å². The van der Waals surface area contributed by atoms with Crippen molar-refractivity contribution in [1.29, 1.82) is 0 Å². The molecule has 6 heteroatoms. The summed E-state index contributed by atoms with van der Waals surface area (Å²) in [5, 5.41) is 0. The van der Waals surface area contributed by atoms with Gasteiger partial charge in [0, 0.05) is 30.7 Å². The topological polar surface area (TPSA) is 59.1 Å². The molecule has 2 bridgehead atoms. The van der Waals surface area contributed by atoms with Crippen molar-refractivity contribution in [3.05, 3.63) is 0 Å². The highest BCUT2D eigenvalue weighted by Gasteiger charge is 2.61. The molecule has 6 nitrogen and oxygen atoms in total. The fraction of sp³-hybridized carbons (Fsp3) is 0.900. The lowest BCUT2D eigenvalue weighted by molar-refractivity contribution is -0.139. The Kier molecular flexibility index (Phi) is 5.26. The average Bonchev–Trinajstić information content (AvgIpc) is 2.65. The zero-order valence-electron chi connectivity index (χ0n) is 16.9. The molecule has 2 heterocycles. The maximum atomic E-state index is 12.9. The van der Waals surface area contributed by atoms with Crippen LogP contribution in [0.3, 0.4) is 0 Å². The Balaban J connectivity index is 1.88. The van der Waals surface area contributed by atoms with Crippen LogP contribution >= 0.6 is 0 Å². The number of carbonyl (C=O) groups excluding carboxylic acids is 2. The van der Waals surface area contributed by atoms with E-state index in [4.69, 9.17) is 9.47 Å². The van der Waals surface area contributed by atoms with Gasteiger partial charge in [-0.2, -0.15) is 0 Å². The number of carbonyl (C=O) groups is 2. The second-order valence-corrected chi connectivity index (χ2v) is 9.25. The Hall–Kier alpha value is -1.30. The Labute approximate surface area is 157 Å². The summed E-state index contributed by atoms with van der Waals surface area (Å²) < 4.78 is 11.1. The molecule has 0 aromatic carbocycles. The molecular weight excluding hydrogens is 332 g/mol. The number of likely N-dealkylation sites (tertiary alicyclic amines) is 2. The van der Waals surface area contributed by atoms with Crippen LogP contribution in [0.2, 0.25) is 0 Å². The first kappa shape index (κ1) is 19.5. The van der Waals surface area contributed by atoms with Crippen molar-refractivity contribution in [2.45, 2.75) is 90.4 Å². The van der Waals surface area contributed by atoms with Crippen molar-refractivity contribution < 1.29 is 19.1 Å². The largest absolute Gasteiger partial charge is 0.444 e. The van der Waals surface area contributed by atoms with Gasteiger partial charge in [-0.05, 0) is 47.0 Å². The van der Waals surface area contributed by atoms with Crippen LogP contribution < -0.4 is 0 Å². The monoisotopic (exact) mass is 366 g/mol. The number of hydrogen-bond acceptors (Lipinski definition) is 4. The molecule has 148 valence electrons. The van der Waals surface area contributed by atoms with Gasteiger partial charge in [0.2, 0.25) is 5.91 Å². The molecule has 0 N–H and O–H groups in total. The van der Waals surface area contributed by atoms with Crippen LogP contribution in [0.15, 0.2) is 0 Å². The summed E-state index contributed by atoms with van der Waals surface area (Å²) in [6.07, 6.45) is 4.94. The van der Waals surface area contributed by atoms with E-state index in [-0.39, 0.29) is 42.1 Å². The van der Waals surface area contributed by atoms with E-state index in [0.717, 1.165) is 32.1 Å². The minimum absolute atomic E-state index is 0.0573. The van der Waals surface area contributed by atoms with Crippen LogP contribution in [-0.2, 0) is 14.3 Å². The molecule has 0 aromatic rings. The van der Waals surface area contributed by atoms with Crippen LogP contribution in [-0.4, -0.2) is 65.3 Å². The van der Waals surface area contributed by atoms with Gasteiger partial charge in [0.25, 0.3) is 0 Å². The summed E-state index contributed by atoms with van der Waals surface area (Å²) in [7, 11) is 0. The van der Waals surface area contributed by atoms with Crippen LogP contribution in [0.5, 0.6) is 0 Å². The molecule has 0 radical (unpaired) electrons. The Morgan fingerprint density at radius 2 is 1.81 bits per heavy atom. The van der Waals surface area contributed by atoms with E-state index in [2.05, 4.69) is 11.8 Å². The molecule has 3 aliphatic rings. The third kappa shape index (κ3) is 3.45. The van der Waals surface area contributed by atoms with Gasteiger partial charge in [0.05, 0.1) is 6.04 Å². The highest BCUT2D eigenvalue weighted by Crippen LogP contribution is 2.53. The highest BCUT2D eigenvalue weighted by atomic mass is 16.6. The third-order valence-corrected chi connectivity index (χ3v) is 6.26. The molecule has 4 atom stereocenters. The maximum Gasteiger partial charge on any atom is 0.410 e. The number of ether oxygens (including phenoxy) is 2. The summed E-state index contributed by atoms with van der Waals surface area (Å²) in [5.74, 6) is 0.0669. The summed E-state index contributed by atoms with van der Waals surface area (Å²) in [4.78, 5) is 29.8. The predicted molar refractivity (Wildman–Crippen MR) is 98.8 cm³/mol. The molecule has 3 fully saturated rings. The zero-order chi connectivity index (χ0) is 19.1. The van der Waals surface area contributed by atoms with E-state index in [9.17, 15) is 9.59 Å². The Bertz CT molecular complexity index is 559. The van der Waals surface area contributed by atoms with Crippen molar-refractivity contribution in [3.8, 4) is 0 Å². The first-order chi connectivity index (χ1) is 12.2. The second kappa shape index (κ2) is 7.02. The van der Waals surface area contributed by atoms with Crippen molar-refractivity contribution in [2.24, 2.45) is 5.41 Å². The first-order valence-corrected chi connectivity index (χ1v) is 10.1. The standard InChI is InChI=1S/C20H34N2O4/c1-6-25-13-17(23)22-14-11-20(5)15(9-7-8-10-16(20)22)21(12-14)18(24)26-19(2,3)4/h14-16H,6-13H2,1-5H3/t14-,15+,16-,20+/m0/s1. The quantitative estimate of drug-likeness (QED) is 0.770. The molecule has 1 saturated carbocycles. The average molecular weight is 367 g/mol. The summed E-state index contributed by atoms with van der Waals surface area (Å²) in [6, 6.07) is 0.409. The molecule has 2 amide bonds. The second-order valence-electron chi connectivity index (χ2n) is 9.25. The summed E-state index contributed by atoms with van der Waals surface area (Å²) in [5.41, 5.74) is -0.568. The van der Waals surface area contributed by atoms with Gasteiger partial charge in [-0.15, -0.1) is 0 Å². The number of amides is 2. The zero-order valence-corrected chi connectivity index (χ0v) is 16.9. The number of piperidine rings is 1. The maximum absolute atomic E-state index is 12.9. The van der Waals surface area contributed by atoms with Crippen LogP contribution in [0.1, 0.15) is 66.7 Å². The fourth-order valence-corrected chi connectivity index (χ4v) is 5.33. The van der Waals surface area contributed by atoms with Crippen LogP contribution in [0.25, 0.3) is 0 Å². The minimum atomic E-state index is -0.511. The first-order valence-electron chi connectivity index (χ1n) is 10.1. The third-order valence-electron chi connectivity index (χ3n) is 6.26. The number of rotatable bonds is 3. The lowest BCUT2D eigenvalue weighted by Crippen LogP contribution is -2.56. The van der Waals surface area contributed by atoms with Gasteiger partial charge < -0.3 is 19.3 Å². The van der Waals surface area contributed by atoms with Crippen LogP contribution in [0.4, 0.5) is 4.79 Å². The molecule has 0 spiro atoms.